The maximum absolute atomic E-state index is 14.8. The SMILES string of the molecule is O=c1[nH]c(=O)n([C@@H]2O[C@@](COP3(=O)OCc4ccccc4O3)(C(F)F)[C@@H](O)[C@@H]2F)cc1Cl. The number of rotatable bonds is 5. The molecule has 15 heteroatoms. The van der Waals surface area contributed by atoms with E-state index in [1.165, 1.54) is 6.07 Å². The number of halogens is 4. The summed E-state index contributed by atoms with van der Waals surface area (Å²) in [4.78, 5) is 25.2. The summed E-state index contributed by atoms with van der Waals surface area (Å²) >= 11 is 5.62. The largest absolute Gasteiger partial charge is 0.530 e. The summed E-state index contributed by atoms with van der Waals surface area (Å²) in [5, 5.41) is 9.70. The van der Waals surface area contributed by atoms with Crippen LogP contribution in [0.5, 0.6) is 5.75 Å². The van der Waals surface area contributed by atoms with E-state index in [-0.39, 0.29) is 12.4 Å². The summed E-state index contributed by atoms with van der Waals surface area (Å²) in [6.45, 7) is -1.52. The highest BCUT2D eigenvalue weighted by molar-refractivity contribution is 7.49. The van der Waals surface area contributed by atoms with Crippen LogP contribution < -0.4 is 15.8 Å². The first-order valence-electron chi connectivity index (χ1n) is 9.02. The van der Waals surface area contributed by atoms with Crippen molar-refractivity contribution in [2.45, 2.75) is 37.1 Å². The molecule has 2 N–H and O–H groups in total. The Bertz CT molecular complexity index is 1190. The molecular formula is C17H15ClF3N2O8P. The average Bonchev–Trinajstić information content (AvgIpc) is 3.01. The quantitative estimate of drug-likeness (QED) is 0.600. The third-order valence-electron chi connectivity index (χ3n) is 4.99. The van der Waals surface area contributed by atoms with Crippen molar-refractivity contribution in [3.8, 4) is 5.75 Å². The number of H-pyrrole nitrogens is 1. The molecule has 1 unspecified atom stereocenters. The Kier molecular flexibility index (Phi) is 5.99. The number of aromatic amines is 1. The zero-order valence-electron chi connectivity index (χ0n) is 15.8. The Balaban J connectivity index is 1.60. The van der Waals surface area contributed by atoms with Crippen molar-refractivity contribution in [2.24, 2.45) is 0 Å². The maximum atomic E-state index is 14.8. The van der Waals surface area contributed by atoms with Gasteiger partial charge in [0.2, 0.25) is 0 Å². The number of para-hydroxylation sites is 1. The minimum absolute atomic E-state index is 0.136. The van der Waals surface area contributed by atoms with Gasteiger partial charge in [-0.25, -0.2) is 22.5 Å². The maximum Gasteiger partial charge on any atom is 0.530 e. The molecule has 4 rings (SSSR count). The standard InChI is InChI=1S/C17H15ClF3N2O8P/c18-9-5-23(16(26)22-13(9)25)14-11(19)12(24)17(30-14,15(20)21)7-29-32(27)28-6-8-3-1-2-4-10(8)31-32/h1-5,11-12,14-15,24H,6-7H2,(H,22,25,26)/t11-,12-,14+,17+,32?/m0/s1. The molecule has 1 saturated heterocycles. The number of fused-ring (bicyclic) bond motifs is 1. The van der Waals surface area contributed by atoms with E-state index in [0.717, 1.165) is 0 Å². The van der Waals surface area contributed by atoms with Gasteiger partial charge in [0.05, 0.1) is 13.2 Å². The van der Waals surface area contributed by atoms with E-state index >= 15 is 0 Å². The second kappa shape index (κ2) is 8.32. The van der Waals surface area contributed by atoms with Crippen LogP contribution >= 0.6 is 19.4 Å². The summed E-state index contributed by atoms with van der Waals surface area (Å²) < 4.78 is 76.1. The summed E-state index contributed by atoms with van der Waals surface area (Å²) in [5.74, 6) is 0.136. The fraction of sp³-hybridized carbons (Fsp3) is 0.412. The molecule has 174 valence electrons. The van der Waals surface area contributed by atoms with E-state index in [4.69, 9.17) is 29.9 Å². The first-order chi connectivity index (χ1) is 15.1. The monoisotopic (exact) mass is 498 g/mol. The molecule has 0 spiro atoms. The number of aromatic nitrogens is 2. The number of alkyl halides is 3. The van der Waals surface area contributed by atoms with Gasteiger partial charge in [0, 0.05) is 11.8 Å². The molecule has 5 atom stereocenters. The summed E-state index contributed by atoms with van der Waals surface area (Å²) in [5.41, 5.74) is -4.72. The molecule has 0 radical (unpaired) electrons. The van der Waals surface area contributed by atoms with E-state index < -0.39 is 61.2 Å². The minimum atomic E-state index is -4.43. The summed E-state index contributed by atoms with van der Waals surface area (Å²) in [7, 11) is -4.43. The van der Waals surface area contributed by atoms with Crippen LogP contribution in [0.1, 0.15) is 11.8 Å². The van der Waals surface area contributed by atoms with Crippen molar-refractivity contribution >= 4 is 19.4 Å². The normalized spacial score (nSPS) is 32.0. The highest BCUT2D eigenvalue weighted by Gasteiger charge is 2.62. The molecule has 2 aliphatic heterocycles. The Morgan fingerprint density at radius 3 is 2.81 bits per heavy atom. The van der Waals surface area contributed by atoms with Crippen molar-refractivity contribution in [2.75, 3.05) is 6.61 Å². The van der Waals surface area contributed by atoms with Crippen molar-refractivity contribution in [3.63, 3.8) is 0 Å². The van der Waals surface area contributed by atoms with Gasteiger partial charge in [-0.1, -0.05) is 29.8 Å². The van der Waals surface area contributed by atoms with E-state index in [2.05, 4.69) is 0 Å². The molecule has 2 aliphatic rings. The average molecular weight is 499 g/mol. The molecule has 10 nitrogen and oxygen atoms in total. The number of phosphoric acid groups is 1. The van der Waals surface area contributed by atoms with Crippen LogP contribution in [0.4, 0.5) is 13.2 Å². The number of hydrogen-bond donors (Lipinski definition) is 2. The molecule has 0 bridgehead atoms. The molecule has 3 heterocycles. The molecule has 0 amide bonds. The second-order valence-corrected chi connectivity index (χ2v) is 8.99. The van der Waals surface area contributed by atoms with Gasteiger partial charge in [-0.15, -0.1) is 0 Å². The van der Waals surface area contributed by atoms with Crippen LogP contribution in [-0.2, 0) is 25.0 Å². The van der Waals surface area contributed by atoms with Gasteiger partial charge in [0.25, 0.3) is 12.0 Å². The zero-order valence-corrected chi connectivity index (χ0v) is 17.5. The lowest BCUT2D eigenvalue weighted by molar-refractivity contribution is -0.194. The third kappa shape index (κ3) is 3.89. The molecule has 0 saturated carbocycles. The second-order valence-electron chi connectivity index (χ2n) is 6.99. The van der Waals surface area contributed by atoms with Crippen molar-refractivity contribution < 1.29 is 41.2 Å². The summed E-state index contributed by atoms with van der Waals surface area (Å²) in [6, 6.07) is 6.32. The minimum Gasteiger partial charge on any atom is -0.404 e. The molecule has 1 aromatic carbocycles. The van der Waals surface area contributed by atoms with Crippen LogP contribution in [-0.4, -0.2) is 45.6 Å². The smallest absolute Gasteiger partial charge is 0.404 e. The van der Waals surface area contributed by atoms with Crippen LogP contribution in [0, 0.1) is 0 Å². The van der Waals surface area contributed by atoms with Crippen LogP contribution in [0.2, 0.25) is 5.02 Å². The van der Waals surface area contributed by atoms with Gasteiger partial charge in [-0.3, -0.25) is 23.4 Å². The van der Waals surface area contributed by atoms with Gasteiger partial charge in [-0.2, -0.15) is 0 Å². The number of aliphatic hydroxyl groups is 1. The predicted octanol–water partition coefficient (Wildman–Crippen LogP) is 2.16. The van der Waals surface area contributed by atoms with E-state index in [0.29, 0.717) is 16.3 Å². The van der Waals surface area contributed by atoms with Gasteiger partial charge >= 0.3 is 13.5 Å². The van der Waals surface area contributed by atoms with Crippen LogP contribution in [0.3, 0.4) is 0 Å². The van der Waals surface area contributed by atoms with E-state index in [1.807, 2.05) is 0 Å². The third-order valence-corrected chi connectivity index (χ3v) is 6.57. The Morgan fingerprint density at radius 2 is 2.09 bits per heavy atom. The van der Waals surface area contributed by atoms with Crippen molar-refractivity contribution in [1.82, 2.24) is 9.55 Å². The Labute approximate surface area is 182 Å². The topological polar surface area (TPSA) is 129 Å². The van der Waals surface area contributed by atoms with Gasteiger partial charge in [0.1, 0.15) is 16.9 Å². The fourth-order valence-corrected chi connectivity index (χ4v) is 4.67. The number of benzene rings is 1. The van der Waals surface area contributed by atoms with Crippen molar-refractivity contribution in [3.05, 3.63) is 61.9 Å². The van der Waals surface area contributed by atoms with Gasteiger partial charge < -0.3 is 14.4 Å². The molecule has 1 aromatic heterocycles. The molecule has 1 fully saturated rings. The zero-order chi connectivity index (χ0) is 23.3. The predicted molar refractivity (Wildman–Crippen MR) is 102 cm³/mol. The molecular weight excluding hydrogens is 484 g/mol. The molecule has 32 heavy (non-hydrogen) atoms. The van der Waals surface area contributed by atoms with E-state index in [1.54, 1.807) is 23.2 Å². The lowest BCUT2D eigenvalue weighted by Crippen LogP contribution is -2.52. The van der Waals surface area contributed by atoms with Gasteiger partial charge in [0.15, 0.2) is 18.0 Å². The number of hydrogen-bond acceptors (Lipinski definition) is 8. The number of nitrogens with one attached hydrogen (secondary N) is 1. The Morgan fingerprint density at radius 1 is 1.38 bits per heavy atom. The number of ether oxygens (including phenoxy) is 1. The number of aliphatic hydroxyl groups excluding tert-OH is 1. The molecule has 0 aliphatic carbocycles. The van der Waals surface area contributed by atoms with Crippen molar-refractivity contribution in [1.29, 1.82) is 0 Å². The first-order valence-corrected chi connectivity index (χ1v) is 10.9. The lowest BCUT2D eigenvalue weighted by atomic mass is 9.97. The van der Waals surface area contributed by atoms with Gasteiger partial charge in [-0.05, 0) is 6.07 Å². The highest BCUT2D eigenvalue weighted by Crippen LogP contribution is 2.56. The summed E-state index contributed by atoms with van der Waals surface area (Å²) in [6.07, 6.45) is -10.1. The lowest BCUT2D eigenvalue weighted by Gasteiger charge is -2.32. The van der Waals surface area contributed by atoms with E-state index in [9.17, 15) is 32.4 Å². The first kappa shape index (κ1) is 23.0. The fourth-order valence-electron chi connectivity index (χ4n) is 3.26. The molecule has 2 aromatic rings. The van der Waals surface area contributed by atoms with Crippen LogP contribution in [0.15, 0.2) is 40.1 Å². The van der Waals surface area contributed by atoms with Crippen LogP contribution in [0.25, 0.3) is 0 Å². The highest BCUT2D eigenvalue weighted by atomic mass is 35.5. The number of phosphoric ester groups is 1. The Hall–Kier alpha value is -2.15. The number of nitrogens with zero attached hydrogens (tertiary/aromatic N) is 1.